The smallest absolute Gasteiger partial charge is 0.269 e. The molecule has 3 rings (SSSR count). The minimum atomic E-state index is -0.451. The van der Waals surface area contributed by atoms with Gasteiger partial charge in [-0.25, -0.2) is 4.98 Å². The van der Waals surface area contributed by atoms with Crippen LogP contribution in [0, 0.1) is 10.1 Å². The third-order valence-corrected chi connectivity index (χ3v) is 5.48. The van der Waals surface area contributed by atoms with Gasteiger partial charge >= 0.3 is 0 Å². The Bertz CT molecular complexity index is 946. The summed E-state index contributed by atoms with van der Waals surface area (Å²) < 4.78 is 5.77. The number of nitrogens with one attached hydrogen (secondary N) is 1. The van der Waals surface area contributed by atoms with Gasteiger partial charge in [0.25, 0.3) is 5.69 Å². The highest BCUT2D eigenvalue weighted by molar-refractivity contribution is 8.00. The first-order chi connectivity index (χ1) is 13.5. The molecule has 0 aliphatic rings. The number of para-hydroxylation sites is 2. The molecule has 1 N–H and O–H groups in total. The van der Waals surface area contributed by atoms with Crippen LogP contribution in [0.15, 0.2) is 64.3 Å². The van der Waals surface area contributed by atoms with Crippen molar-refractivity contribution in [2.45, 2.75) is 23.7 Å². The highest BCUT2D eigenvalue weighted by atomic mass is 32.2. The van der Waals surface area contributed by atoms with Crippen molar-refractivity contribution in [2.75, 3.05) is 5.32 Å². The van der Waals surface area contributed by atoms with E-state index < -0.39 is 10.2 Å². The van der Waals surface area contributed by atoms with Crippen LogP contribution in [0.2, 0.25) is 0 Å². The van der Waals surface area contributed by atoms with E-state index in [4.69, 9.17) is 4.74 Å². The van der Waals surface area contributed by atoms with Crippen molar-refractivity contribution in [1.82, 2.24) is 4.98 Å². The lowest BCUT2D eigenvalue weighted by Crippen LogP contribution is -2.22. The van der Waals surface area contributed by atoms with Crippen molar-refractivity contribution in [3.63, 3.8) is 0 Å². The van der Waals surface area contributed by atoms with Crippen LogP contribution in [0.25, 0.3) is 0 Å². The number of nitrogens with zero attached hydrogens (tertiary/aromatic N) is 2. The van der Waals surface area contributed by atoms with Crippen LogP contribution in [0.3, 0.4) is 0 Å². The van der Waals surface area contributed by atoms with E-state index in [1.54, 1.807) is 36.7 Å². The Kier molecular flexibility index (Phi) is 6.62. The van der Waals surface area contributed by atoms with Gasteiger partial charge in [-0.1, -0.05) is 12.1 Å². The molecule has 144 valence electrons. The molecule has 0 aliphatic heterocycles. The van der Waals surface area contributed by atoms with Gasteiger partial charge in [0.15, 0.2) is 0 Å². The number of carbonyl (C=O) groups is 1. The number of ether oxygens (including phenoxy) is 1. The fraction of sp³-hybridized carbons (Fsp3) is 0.158. The van der Waals surface area contributed by atoms with E-state index in [1.165, 1.54) is 35.2 Å². The number of anilines is 1. The van der Waals surface area contributed by atoms with Gasteiger partial charge in [0, 0.05) is 22.4 Å². The predicted octanol–water partition coefficient (Wildman–Crippen LogP) is 4.75. The first-order valence-corrected chi connectivity index (χ1v) is 10.2. The average molecular weight is 415 g/mol. The normalized spacial score (nSPS) is 11.6. The molecule has 28 heavy (non-hydrogen) atoms. The Hall–Kier alpha value is -2.91. The van der Waals surface area contributed by atoms with Gasteiger partial charge in [-0.2, -0.15) is 0 Å². The number of benzene rings is 2. The summed E-state index contributed by atoms with van der Waals surface area (Å²) in [7, 11) is 0. The van der Waals surface area contributed by atoms with E-state index in [0.29, 0.717) is 18.0 Å². The summed E-state index contributed by atoms with van der Waals surface area (Å²) in [5, 5.41) is 15.1. The Balaban J connectivity index is 1.61. The van der Waals surface area contributed by atoms with Crippen LogP contribution in [-0.4, -0.2) is 21.1 Å². The summed E-state index contributed by atoms with van der Waals surface area (Å²) >= 11 is 2.82. The summed E-state index contributed by atoms with van der Waals surface area (Å²) in [6.07, 6.45) is 0. The molecule has 3 aromatic rings. The lowest BCUT2D eigenvalue weighted by Gasteiger charge is -2.15. The van der Waals surface area contributed by atoms with Crippen molar-refractivity contribution in [3.8, 4) is 5.75 Å². The van der Waals surface area contributed by atoms with E-state index in [9.17, 15) is 14.9 Å². The Morgan fingerprint density at radius 2 is 2.04 bits per heavy atom. The fourth-order valence-corrected chi connectivity index (χ4v) is 3.71. The van der Waals surface area contributed by atoms with Gasteiger partial charge in [-0.15, -0.1) is 23.1 Å². The van der Waals surface area contributed by atoms with Gasteiger partial charge in [0.2, 0.25) is 5.91 Å². The molecular formula is C19H17N3O4S2. The maximum Gasteiger partial charge on any atom is 0.269 e. The molecule has 0 saturated carbocycles. The Morgan fingerprint density at radius 1 is 1.29 bits per heavy atom. The molecular weight excluding hydrogens is 398 g/mol. The molecule has 7 nitrogen and oxygen atoms in total. The number of nitro benzene ring substituents is 1. The number of aromatic nitrogens is 1. The van der Waals surface area contributed by atoms with E-state index in [1.807, 2.05) is 17.5 Å². The second-order valence-corrected chi connectivity index (χ2v) is 7.90. The lowest BCUT2D eigenvalue weighted by atomic mass is 10.3. The number of thiazole rings is 1. The monoisotopic (exact) mass is 415 g/mol. The first-order valence-electron chi connectivity index (χ1n) is 8.34. The maximum absolute atomic E-state index is 12.6. The molecule has 2 aromatic carbocycles. The molecule has 0 aliphatic carbocycles. The second-order valence-electron chi connectivity index (χ2n) is 5.76. The highest BCUT2D eigenvalue weighted by Gasteiger charge is 2.17. The highest BCUT2D eigenvalue weighted by Crippen LogP contribution is 2.29. The summed E-state index contributed by atoms with van der Waals surface area (Å²) in [4.78, 5) is 27.8. The van der Waals surface area contributed by atoms with Crippen LogP contribution in [0.1, 0.15) is 12.6 Å². The van der Waals surface area contributed by atoms with Crippen molar-refractivity contribution >= 4 is 40.4 Å². The van der Waals surface area contributed by atoms with Gasteiger partial charge in [-0.05, 0) is 31.2 Å². The number of non-ortho nitro benzene ring substituents is 1. The molecule has 1 atom stereocenters. The number of carbonyl (C=O) groups excluding carboxylic acids is 1. The zero-order valence-corrected chi connectivity index (χ0v) is 16.5. The van der Waals surface area contributed by atoms with Crippen molar-refractivity contribution in [2.24, 2.45) is 0 Å². The third-order valence-electron chi connectivity index (χ3n) is 3.73. The second kappa shape index (κ2) is 9.34. The van der Waals surface area contributed by atoms with E-state index in [-0.39, 0.29) is 11.6 Å². The number of hydrogen-bond donors (Lipinski definition) is 1. The third kappa shape index (κ3) is 5.30. The minimum absolute atomic E-state index is 0.0210. The van der Waals surface area contributed by atoms with Gasteiger partial charge in [0.1, 0.15) is 12.4 Å². The van der Waals surface area contributed by atoms with E-state index in [2.05, 4.69) is 10.3 Å². The zero-order valence-electron chi connectivity index (χ0n) is 14.9. The number of rotatable bonds is 8. The number of thioether (sulfide) groups is 1. The molecule has 0 fully saturated rings. The predicted molar refractivity (Wildman–Crippen MR) is 110 cm³/mol. The van der Waals surface area contributed by atoms with Gasteiger partial charge in [0.05, 0.1) is 27.1 Å². The first kappa shape index (κ1) is 19.8. The van der Waals surface area contributed by atoms with Crippen molar-refractivity contribution in [3.05, 3.63) is 75.2 Å². The van der Waals surface area contributed by atoms with Crippen molar-refractivity contribution < 1.29 is 14.5 Å². The SMILES string of the molecule is CC(Sc1ccc([N+](=O)[O-])cc1)C(=O)Nc1ccccc1OCc1cscn1. The lowest BCUT2D eigenvalue weighted by molar-refractivity contribution is -0.384. The molecule has 9 heteroatoms. The molecule has 1 amide bonds. The Labute approximate surface area is 169 Å². The molecule has 1 aromatic heterocycles. The summed E-state index contributed by atoms with van der Waals surface area (Å²) in [6, 6.07) is 13.3. The molecule has 1 heterocycles. The largest absolute Gasteiger partial charge is 0.485 e. The van der Waals surface area contributed by atoms with Crippen LogP contribution < -0.4 is 10.1 Å². The molecule has 1 unspecified atom stereocenters. The summed E-state index contributed by atoms with van der Waals surface area (Å²) in [5.74, 6) is 0.379. The van der Waals surface area contributed by atoms with Crippen LogP contribution in [0.4, 0.5) is 11.4 Å². The van der Waals surface area contributed by atoms with Crippen molar-refractivity contribution in [1.29, 1.82) is 0 Å². The Morgan fingerprint density at radius 3 is 2.71 bits per heavy atom. The van der Waals surface area contributed by atoms with E-state index >= 15 is 0 Å². The number of hydrogen-bond acceptors (Lipinski definition) is 7. The molecule has 0 radical (unpaired) electrons. The number of nitro groups is 1. The molecule has 0 saturated heterocycles. The standard InChI is InChI=1S/C19H17N3O4S2/c1-13(28-16-8-6-15(7-9-16)22(24)25)19(23)21-17-4-2-3-5-18(17)26-10-14-11-27-12-20-14/h2-9,11-13H,10H2,1H3,(H,21,23). The molecule has 0 spiro atoms. The quantitative estimate of drug-likeness (QED) is 0.324. The fourth-order valence-electron chi connectivity index (χ4n) is 2.29. The van der Waals surface area contributed by atoms with Gasteiger partial charge in [-0.3, -0.25) is 14.9 Å². The molecule has 0 bridgehead atoms. The summed E-state index contributed by atoms with van der Waals surface area (Å²) in [5.41, 5.74) is 3.17. The van der Waals surface area contributed by atoms with Crippen LogP contribution in [0.5, 0.6) is 5.75 Å². The minimum Gasteiger partial charge on any atom is -0.485 e. The van der Waals surface area contributed by atoms with Crippen LogP contribution in [-0.2, 0) is 11.4 Å². The average Bonchev–Trinajstić information content (AvgIpc) is 3.21. The zero-order chi connectivity index (χ0) is 19.9. The van der Waals surface area contributed by atoms with Crippen LogP contribution >= 0.6 is 23.1 Å². The maximum atomic E-state index is 12.6. The number of amides is 1. The topological polar surface area (TPSA) is 94.4 Å². The van der Waals surface area contributed by atoms with Gasteiger partial charge < -0.3 is 10.1 Å². The summed E-state index contributed by atoms with van der Waals surface area (Å²) in [6.45, 7) is 2.10. The van der Waals surface area contributed by atoms with E-state index in [0.717, 1.165) is 10.6 Å².